The first-order valence-corrected chi connectivity index (χ1v) is 11.1. The molecule has 2 aromatic rings. The molecule has 2 aromatic carbocycles. The maximum absolute atomic E-state index is 12.1. The molecular formula is C22H19BrN2O6S. The molecule has 0 aliphatic carbocycles. The van der Waals surface area contributed by atoms with Gasteiger partial charge < -0.3 is 19.9 Å². The van der Waals surface area contributed by atoms with Crippen molar-refractivity contribution in [1.82, 2.24) is 5.32 Å². The zero-order chi connectivity index (χ0) is 23.3. The molecule has 10 heteroatoms. The molecule has 0 spiro atoms. The van der Waals surface area contributed by atoms with E-state index in [1.165, 1.54) is 19.1 Å². The summed E-state index contributed by atoms with van der Waals surface area (Å²) in [7, 11) is 0. The van der Waals surface area contributed by atoms with Gasteiger partial charge in [0, 0.05) is 6.92 Å². The molecule has 0 radical (unpaired) electrons. The van der Waals surface area contributed by atoms with Gasteiger partial charge in [0.25, 0.3) is 5.91 Å². The van der Waals surface area contributed by atoms with Crippen LogP contribution in [-0.2, 0) is 16.2 Å². The van der Waals surface area contributed by atoms with Gasteiger partial charge in [0.2, 0.25) is 5.91 Å². The van der Waals surface area contributed by atoms with Crippen LogP contribution in [0.2, 0.25) is 0 Å². The van der Waals surface area contributed by atoms with Crippen molar-refractivity contribution in [1.29, 1.82) is 0 Å². The van der Waals surface area contributed by atoms with E-state index in [0.29, 0.717) is 33.0 Å². The Morgan fingerprint density at radius 2 is 1.94 bits per heavy atom. The van der Waals surface area contributed by atoms with Crippen molar-refractivity contribution in [2.24, 2.45) is 4.99 Å². The van der Waals surface area contributed by atoms with Crippen molar-refractivity contribution in [3.63, 3.8) is 0 Å². The Kier molecular flexibility index (Phi) is 7.70. The number of halogens is 1. The normalized spacial score (nSPS) is 14.3. The van der Waals surface area contributed by atoms with Gasteiger partial charge in [-0.15, -0.1) is 0 Å². The fourth-order valence-corrected chi connectivity index (χ4v) is 4.17. The maximum Gasteiger partial charge on any atom is 0.335 e. The number of aromatic carboxylic acids is 1. The fourth-order valence-electron chi connectivity index (χ4n) is 2.74. The number of thioether (sulfide) groups is 1. The number of ether oxygens (including phenoxy) is 2. The molecule has 3 rings (SSSR count). The van der Waals surface area contributed by atoms with Gasteiger partial charge in [0.1, 0.15) is 6.61 Å². The summed E-state index contributed by atoms with van der Waals surface area (Å²) in [5, 5.41) is 11.8. The summed E-state index contributed by atoms with van der Waals surface area (Å²) in [6.45, 7) is 3.80. The molecule has 0 unspecified atom stereocenters. The van der Waals surface area contributed by atoms with Gasteiger partial charge in [-0.3, -0.25) is 9.59 Å². The molecule has 0 bridgehead atoms. The molecule has 0 aromatic heterocycles. The van der Waals surface area contributed by atoms with E-state index in [2.05, 4.69) is 26.2 Å². The van der Waals surface area contributed by atoms with Crippen molar-refractivity contribution >= 4 is 56.7 Å². The van der Waals surface area contributed by atoms with Gasteiger partial charge in [-0.05, 0) is 76.1 Å². The van der Waals surface area contributed by atoms with Gasteiger partial charge >= 0.3 is 5.97 Å². The third kappa shape index (κ3) is 5.98. The Hall–Kier alpha value is -3.11. The summed E-state index contributed by atoms with van der Waals surface area (Å²) in [6.07, 6.45) is 1.66. The van der Waals surface area contributed by atoms with Crippen LogP contribution in [0, 0.1) is 0 Å². The van der Waals surface area contributed by atoms with Crippen LogP contribution in [0.15, 0.2) is 50.8 Å². The third-order valence-corrected chi connectivity index (χ3v) is 5.61. The number of amidine groups is 1. The van der Waals surface area contributed by atoms with Crippen molar-refractivity contribution < 1.29 is 29.0 Å². The van der Waals surface area contributed by atoms with Crippen LogP contribution in [0.5, 0.6) is 11.5 Å². The minimum atomic E-state index is -0.989. The van der Waals surface area contributed by atoms with E-state index in [0.717, 1.165) is 17.3 Å². The lowest BCUT2D eigenvalue weighted by atomic mass is 10.1. The quantitative estimate of drug-likeness (QED) is 0.527. The minimum Gasteiger partial charge on any atom is -0.490 e. The zero-order valence-corrected chi connectivity index (χ0v) is 19.6. The number of amides is 2. The molecule has 0 saturated heterocycles. The molecule has 0 atom stereocenters. The second kappa shape index (κ2) is 10.5. The summed E-state index contributed by atoms with van der Waals surface area (Å²) in [5.74, 6) is -0.757. The lowest BCUT2D eigenvalue weighted by Gasteiger charge is -2.15. The Morgan fingerprint density at radius 3 is 2.56 bits per heavy atom. The predicted molar refractivity (Wildman–Crippen MR) is 125 cm³/mol. The van der Waals surface area contributed by atoms with Crippen LogP contribution in [0.25, 0.3) is 6.08 Å². The molecule has 1 heterocycles. The van der Waals surface area contributed by atoms with E-state index in [4.69, 9.17) is 14.6 Å². The Labute approximate surface area is 196 Å². The van der Waals surface area contributed by atoms with E-state index in [-0.39, 0.29) is 23.2 Å². The summed E-state index contributed by atoms with van der Waals surface area (Å²) < 4.78 is 12.3. The number of carbonyl (C=O) groups excluding carboxylic acids is 2. The van der Waals surface area contributed by atoms with Crippen LogP contribution >= 0.6 is 27.7 Å². The van der Waals surface area contributed by atoms with E-state index in [1.807, 2.05) is 6.92 Å². The van der Waals surface area contributed by atoms with Gasteiger partial charge in [-0.1, -0.05) is 12.1 Å². The number of nitrogens with one attached hydrogen (secondary N) is 1. The van der Waals surface area contributed by atoms with E-state index >= 15 is 0 Å². The van der Waals surface area contributed by atoms with E-state index in [1.54, 1.807) is 30.3 Å². The number of benzene rings is 2. The van der Waals surface area contributed by atoms with Gasteiger partial charge in [-0.25, -0.2) is 4.79 Å². The lowest BCUT2D eigenvalue weighted by Crippen LogP contribution is -2.23. The predicted octanol–water partition coefficient (Wildman–Crippen LogP) is 4.23. The van der Waals surface area contributed by atoms with Crippen LogP contribution in [0.1, 0.15) is 35.3 Å². The Balaban J connectivity index is 1.80. The first kappa shape index (κ1) is 23.6. The highest BCUT2D eigenvalue weighted by molar-refractivity contribution is 9.10. The van der Waals surface area contributed by atoms with Crippen LogP contribution in [0.4, 0.5) is 0 Å². The van der Waals surface area contributed by atoms with Crippen molar-refractivity contribution in [3.05, 3.63) is 62.5 Å². The van der Waals surface area contributed by atoms with Crippen molar-refractivity contribution in [2.75, 3.05) is 6.61 Å². The topological polar surface area (TPSA) is 114 Å². The number of nitrogens with zero attached hydrogens (tertiary/aromatic N) is 1. The van der Waals surface area contributed by atoms with Gasteiger partial charge in [-0.2, -0.15) is 4.99 Å². The highest BCUT2D eigenvalue weighted by atomic mass is 79.9. The summed E-state index contributed by atoms with van der Waals surface area (Å²) >= 11 is 4.57. The number of rotatable bonds is 7. The molecule has 8 nitrogen and oxygen atoms in total. The molecular weight excluding hydrogens is 500 g/mol. The first-order chi connectivity index (χ1) is 15.3. The molecule has 1 aliphatic rings. The van der Waals surface area contributed by atoms with Crippen LogP contribution in [0.3, 0.4) is 0 Å². The van der Waals surface area contributed by atoms with Gasteiger partial charge in [0.05, 0.1) is 21.5 Å². The third-order valence-electron chi connectivity index (χ3n) is 4.12. The summed E-state index contributed by atoms with van der Waals surface area (Å²) in [6, 6.07) is 9.93. The molecule has 166 valence electrons. The zero-order valence-electron chi connectivity index (χ0n) is 17.2. The van der Waals surface area contributed by atoms with Crippen molar-refractivity contribution in [2.45, 2.75) is 20.5 Å². The maximum atomic E-state index is 12.1. The number of hydrogen-bond acceptors (Lipinski definition) is 6. The second-order valence-electron chi connectivity index (χ2n) is 6.57. The number of carbonyl (C=O) groups is 3. The number of carboxylic acids is 1. The second-order valence-corrected chi connectivity index (χ2v) is 8.45. The summed E-state index contributed by atoms with van der Waals surface area (Å²) in [5.41, 5.74) is 1.69. The molecule has 1 aliphatic heterocycles. The highest BCUT2D eigenvalue weighted by Gasteiger charge is 2.23. The van der Waals surface area contributed by atoms with Crippen LogP contribution in [-0.4, -0.2) is 34.7 Å². The number of aliphatic imine (C=N–C) groups is 1. The highest BCUT2D eigenvalue weighted by Crippen LogP contribution is 2.39. The summed E-state index contributed by atoms with van der Waals surface area (Å²) in [4.78, 5) is 38.5. The number of hydrogen-bond donors (Lipinski definition) is 2. The Morgan fingerprint density at radius 1 is 1.22 bits per heavy atom. The number of carboxylic acid groups (broad SMARTS) is 1. The average Bonchev–Trinajstić information content (AvgIpc) is 3.05. The first-order valence-electron chi connectivity index (χ1n) is 9.48. The molecule has 0 saturated carbocycles. The smallest absolute Gasteiger partial charge is 0.335 e. The standard InChI is InChI=1S/C22H19BrN2O6S/c1-3-30-17-9-14(10-18-20(27)25-22(32-18)24-12(2)26)8-16(23)19(17)31-11-13-4-6-15(7-5-13)21(28)29/h4-10H,3,11H2,1-2H3,(H,28,29)(H,24,25,26,27)/b18-10+. The molecule has 2 N–H and O–H groups in total. The van der Waals surface area contributed by atoms with E-state index < -0.39 is 11.9 Å². The monoisotopic (exact) mass is 518 g/mol. The molecule has 0 fully saturated rings. The van der Waals surface area contributed by atoms with Crippen molar-refractivity contribution in [3.8, 4) is 11.5 Å². The average molecular weight is 519 g/mol. The van der Waals surface area contributed by atoms with Gasteiger partial charge in [0.15, 0.2) is 16.7 Å². The minimum absolute atomic E-state index is 0.201. The lowest BCUT2D eigenvalue weighted by molar-refractivity contribution is -0.117. The van der Waals surface area contributed by atoms with Crippen LogP contribution < -0.4 is 14.8 Å². The van der Waals surface area contributed by atoms with E-state index in [9.17, 15) is 14.4 Å². The SMILES string of the molecule is CCOc1cc(/C=C2/SC(NC(C)=O)=NC2=O)cc(Br)c1OCc1ccc(C(=O)O)cc1. The molecule has 2 amide bonds. The molecule has 32 heavy (non-hydrogen) atoms. The largest absolute Gasteiger partial charge is 0.490 e. The fraction of sp³-hybridized carbons (Fsp3) is 0.182. The Bertz CT molecular complexity index is 1130.